The Balaban J connectivity index is 1.32. The van der Waals surface area contributed by atoms with Crippen LogP contribution in [0.1, 0.15) is 44.6 Å². The normalized spacial score (nSPS) is 22.7. The molecule has 0 radical (unpaired) electrons. The van der Waals surface area contributed by atoms with Crippen LogP contribution in [0.15, 0.2) is 29.8 Å². The highest BCUT2D eigenvalue weighted by atomic mass is 16.7. The number of carbonyl (C=O) groups excluding carboxylic acids is 3. The molecule has 0 bridgehead atoms. The van der Waals surface area contributed by atoms with Gasteiger partial charge in [0.1, 0.15) is 12.1 Å². The topological polar surface area (TPSA) is 97.0 Å². The molecule has 1 aromatic carbocycles. The number of allylic oxidation sites excluding steroid dienone is 1. The van der Waals surface area contributed by atoms with Gasteiger partial charge >= 0.3 is 6.03 Å². The molecular formula is C22H27N3O5. The summed E-state index contributed by atoms with van der Waals surface area (Å²) in [6.45, 7) is 2.08. The Bertz CT molecular complexity index is 897. The van der Waals surface area contributed by atoms with Gasteiger partial charge < -0.3 is 20.1 Å². The second-order valence-electron chi connectivity index (χ2n) is 8.23. The van der Waals surface area contributed by atoms with Crippen LogP contribution < -0.4 is 20.1 Å². The van der Waals surface area contributed by atoms with Gasteiger partial charge in [-0.2, -0.15) is 0 Å². The lowest BCUT2D eigenvalue weighted by atomic mass is 9.92. The van der Waals surface area contributed by atoms with Gasteiger partial charge in [0.05, 0.1) is 0 Å². The van der Waals surface area contributed by atoms with Gasteiger partial charge in [-0.1, -0.05) is 17.7 Å². The fourth-order valence-corrected chi connectivity index (χ4v) is 4.16. The molecule has 8 heteroatoms. The first-order chi connectivity index (χ1) is 14.4. The van der Waals surface area contributed by atoms with Crippen LogP contribution in [0, 0.1) is 0 Å². The van der Waals surface area contributed by atoms with E-state index in [9.17, 15) is 14.4 Å². The quantitative estimate of drug-likeness (QED) is 0.528. The van der Waals surface area contributed by atoms with Crippen molar-refractivity contribution < 1.29 is 23.9 Å². The van der Waals surface area contributed by atoms with E-state index in [2.05, 4.69) is 16.7 Å². The lowest BCUT2D eigenvalue weighted by Gasteiger charge is -2.22. The lowest BCUT2D eigenvalue weighted by Crippen LogP contribution is -2.46. The van der Waals surface area contributed by atoms with Crippen LogP contribution in [0.3, 0.4) is 0 Å². The molecule has 2 N–H and O–H groups in total. The Morgan fingerprint density at radius 2 is 2.07 bits per heavy atom. The minimum absolute atomic E-state index is 0.173. The summed E-state index contributed by atoms with van der Waals surface area (Å²) in [5, 5.41) is 5.55. The third kappa shape index (κ3) is 4.27. The number of imide groups is 1. The molecule has 4 rings (SSSR count). The van der Waals surface area contributed by atoms with Crippen molar-refractivity contribution in [3.05, 3.63) is 35.4 Å². The number of nitrogens with one attached hydrogen (secondary N) is 2. The molecule has 0 spiro atoms. The van der Waals surface area contributed by atoms with Crippen LogP contribution in [0.2, 0.25) is 0 Å². The Labute approximate surface area is 175 Å². The summed E-state index contributed by atoms with van der Waals surface area (Å²) in [4.78, 5) is 38.6. The molecule has 1 saturated heterocycles. The largest absolute Gasteiger partial charge is 0.454 e. The van der Waals surface area contributed by atoms with E-state index < -0.39 is 17.5 Å². The molecule has 1 unspecified atom stereocenters. The zero-order valence-electron chi connectivity index (χ0n) is 17.2. The Morgan fingerprint density at radius 3 is 2.87 bits per heavy atom. The zero-order valence-corrected chi connectivity index (χ0v) is 17.2. The number of benzene rings is 1. The molecule has 1 atom stereocenters. The van der Waals surface area contributed by atoms with E-state index in [1.807, 2.05) is 12.1 Å². The number of urea groups is 1. The highest BCUT2D eigenvalue weighted by molar-refractivity contribution is 6.08. The maximum Gasteiger partial charge on any atom is 0.325 e. The van der Waals surface area contributed by atoms with Crippen LogP contribution in [-0.4, -0.2) is 48.2 Å². The number of fused-ring (bicyclic) bond motifs is 1. The molecule has 1 aromatic rings. The van der Waals surface area contributed by atoms with E-state index in [4.69, 9.17) is 9.47 Å². The smallest absolute Gasteiger partial charge is 0.325 e. The van der Waals surface area contributed by atoms with Crippen molar-refractivity contribution in [3.63, 3.8) is 0 Å². The summed E-state index contributed by atoms with van der Waals surface area (Å²) in [5.74, 6) is 0.544. The van der Waals surface area contributed by atoms with Crippen LogP contribution in [0.25, 0.3) is 0 Å². The monoisotopic (exact) mass is 413 g/mol. The third-order valence-corrected chi connectivity index (χ3v) is 5.79. The van der Waals surface area contributed by atoms with Crippen molar-refractivity contribution in [1.82, 2.24) is 15.5 Å². The van der Waals surface area contributed by atoms with Gasteiger partial charge in [-0.25, -0.2) is 4.79 Å². The summed E-state index contributed by atoms with van der Waals surface area (Å²) in [6.07, 6.45) is 7.97. The first kappa shape index (κ1) is 20.3. The first-order valence-electron chi connectivity index (χ1n) is 10.4. The minimum Gasteiger partial charge on any atom is -0.454 e. The number of nitrogens with zero attached hydrogens (tertiary/aromatic N) is 1. The Hall–Kier alpha value is -3.03. The number of rotatable bonds is 7. The lowest BCUT2D eigenvalue weighted by molar-refractivity contribution is -0.134. The van der Waals surface area contributed by atoms with Gasteiger partial charge in [-0.05, 0) is 56.7 Å². The number of amides is 4. The molecule has 0 saturated carbocycles. The molecular weight excluding hydrogens is 386 g/mol. The third-order valence-electron chi connectivity index (χ3n) is 5.79. The maximum absolute atomic E-state index is 12.9. The summed E-state index contributed by atoms with van der Waals surface area (Å²) >= 11 is 0. The van der Waals surface area contributed by atoms with E-state index in [1.54, 1.807) is 13.0 Å². The predicted octanol–water partition coefficient (Wildman–Crippen LogP) is 2.28. The van der Waals surface area contributed by atoms with Gasteiger partial charge in [0.15, 0.2) is 11.5 Å². The van der Waals surface area contributed by atoms with Crippen molar-refractivity contribution >= 4 is 17.8 Å². The van der Waals surface area contributed by atoms with E-state index in [1.165, 1.54) is 18.4 Å². The first-order valence-corrected chi connectivity index (χ1v) is 10.4. The molecule has 2 heterocycles. The van der Waals surface area contributed by atoms with Gasteiger partial charge in [0, 0.05) is 13.0 Å². The Morgan fingerprint density at radius 1 is 1.23 bits per heavy atom. The van der Waals surface area contributed by atoms with Crippen molar-refractivity contribution in [3.8, 4) is 11.5 Å². The van der Waals surface area contributed by atoms with Crippen molar-refractivity contribution in [2.45, 2.75) is 51.0 Å². The van der Waals surface area contributed by atoms with Gasteiger partial charge in [-0.15, -0.1) is 0 Å². The fourth-order valence-electron chi connectivity index (χ4n) is 4.16. The Kier molecular flexibility index (Phi) is 5.65. The number of ether oxygens (including phenoxy) is 2. The highest BCUT2D eigenvalue weighted by Gasteiger charge is 2.48. The average Bonchev–Trinajstić information content (AvgIpc) is 3.27. The van der Waals surface area contributed by atoms with Crippen LogP contribution in [-0.2, 0) is 16.0 Å². The van der Waals surface area contributed by atoms with E-state index >= 15 is 0 Å². The second-order valence-corrected chi connectivity index (χ2v) is 8.23. The summed E-state index contributed by atoms with van der Waals surface area (Å²) < 4.78 is 10.7. The molecule has 0 aromatic heterocycles. The molecule has 1 aliphatic carbocycles. The standard InChI is InChI=1S/C22H27N3O5/c1-22(12-16-7-8-17-18(11-16)30-14-29-17)20(27)25(21(28)24-22)13-19(26)23-10-9-15-5-3-2-4-6-15/h5,7-8,11H,2-4,6,9-10,12-14H2,1H3,(H,23,26)(H,24,28). The molecule has 4 amide bonds. The fraction of sp³-hybridized carbons (Fsp3) is 0.500. The molecule has 8 nitrogen and oxygen atoms in total. The maximum atomic E-state index is 12.9. The molecule has 3 aliphatic rings. The number of carbonyl (C=O) groups is 3. The summed E-state index contributed by atoms with van der Waals surface area (Å²) in [6, 6.07) is 4.89. The van der Waals surface area contributed by atoms with Crippen LogP contribution in [0.5, 0.6) is 11.5 Å². The van der Waals surface area contributed by atoms with Crippen molar-refractivity contribution in [2.75, 3.05) is 19.9 Å². The van der Waals surface area contributed by atoms with Crippen LogP contribution in [0.4, 0.5) is 4.79 Å². The van der Waals surface area contributed by atoms with Crippen molar-refractivity contribution in [2.24, 2.45) is 0 Å². The minimum atomic E-state index is -1.11. The SMILES string of the molecule is CC1(Cc2ccc3c(c2)OCO3)NC(=O)N(CC(=O)NCCC2=CCCCC2)C1=O. The molecule has 160 valence electrons. The van der Waals surface area contributed by atoms with Crippen molar-refractivity contribution in [1.29, 1.82) is 0 Å². The molecule has 30 heavy (non-hydrogen) atoms. The number of hydrogen-bond acceptors (Lipinski definition) is 5. The second kappa shape index (κ2) is 8.38. The van der Waals surface area contributed by atoms with Crippen LogP contribution >= 0.6 is 0 Å². The van der Waals surface area contributed by atoms with E-state index in [-0.39, 0.29) is 19.2 Å². The summed E-state index contributed by atoms with van der Waals surface area (Å²) in [5.41, 5.74) is 1.09. The zero-order chi connectivity index (χ0) is 21.1. The number of hydrogen-bond donors (Lipinski definition) is 2. The van der Waals surface area contributed by atoms with Gasteiger partial charge in [0.25, 0.3) is 5.91 Å². The van der Waals surface area contributed by atoms with Gasteiger partial charge in [-0.3, -0.25) is 14.5 Å². The summed E-state index contributed by atoms with van der Waals surface area (Å²) in [7, 11) is 0. The van der Waals surface area contributed by atoms with Gasteiger partial charge in [0.2, 0.25) is 12.7 Å². The predicted molar refractivity (Wildman–Crippen MR) is 109 cm³/mol. The molecule has 1 fully saturated rings. The molecule has 2 aliphatic heterocycles. The van der Waals surface area contributed by atoms with E-state index in [0.717, 1.165) is 29.7 Å². The van der Waals surface area contributed by atoms with E-state index in [0.29, 0.717) is 24.5 Å². The highest BCUT2D eigenvalue weighted by Crippen LogP contribution is 2.34. The average molecular weight is 413 g/mol.